The van der Waals surface area contributed by atoms with Crippen LogP contribution in [0, 0.1) is 13.8 Å². The van der Waals surface area contributed by atoms with Gasteiger partial charge in [-0.1, -0.05) is 18.2 Å². The maximum Gasteiger partial charge on any atom is 0.234 e. The van der Waals surface area contributed by atoms with Gasteiger partial charge in [-0.15, -0.1) is 0 Å². The van der Waals surface area contributed by atoms with E-state index in [0.717, 1.165) is 21.9 Å². The Bertz CT molecular complexity index is 666. The van der Waals surface area contributed by atoms with Gasteiger partial charge in [-0.2, -0.15) is 0 Å². The summed E-state index contributed by atoms with van der Waals surface area (Å²) in [6, 6.07) is 7.68. The molecule has 0 heterocycles. The Morgan fingerprint density at radius 3 is 2.44 bits per heavy atom. The predicted molar refractivity (Wildman–Crippen MR) is 62.1 cm³/mol. The van der Waals surface area contributed by atoms with Crippen LogP contribution in [-0.4, -0.2) is 11.6 Å². The van der Waals surface area contributed by atoms with Crippen molar-refractivity contribution < 1.29 is 9.59 Å². The van der Waals surface area contributed by atoms with Crippen LogP contribution in [0.4, 0.5) is 0 Å². The lowest BCUT2D eigenvalue weighted by Crippen LogP contribution is -2.07. The first-order valence-corrected chi connectivity index (χ1v) is 5.22. The summed E-state index contributed by atoms with van der Waals surface area (Å²) < 4.78 is 0. The van der Waals surface area contributed by atoms with Crippen molar-refractivity contribution in [3.05, 3.63) is 46.5 Å². The first-order valence-electron chi connectivity index (χ1n) is 5.22. The van der Waals surface area contributed by atoms with Gasteiger partial charge in [0.15, 0.2) is 0 Å². The Morgan fingerprint density at radius 1 is 0.938 bits per heavy atom. The van der Waals surface area contributed by atoms with Crippen LogP contribution in [0.3, 0.4) is 0 Å². The van der Waals surface area contributed by atoms with E-state index in [-0.39, 0.29) is 11.6 Å². The molecule has 2 nitrogen and oxygen atoms in total. The molecule has 16 heavy (non-hydrogen) atoms. The van der Waals surface area contributed by atoms with Crippen molar-refractivity contribution in [3.63, 3.8) is 0 Å². The van der Waals surface area contributed by atoms with Crippen molar-refractivity contribution in [2.75, 3.05) is 0 Å². The smallest absolute Gasteiger partial charge is 0.234 e. The van der Waals surface area contributed by atoms with Gasteiger partial charge >= 0.3 is 0 Å². The molecule has 0 atom stereocenters. The lowest BCUT2D eigenvalue weighted by molar-refractivity contribution is 0.0825. The second kappa shape index (κ2) is 2.79. The Labute approximate surface area is 92.9 Å². The molecular formula is C14H10O2. The molecule has 0 fully saturated rings. The summed E-state index contributed by atoms with van der Waals surface area (Å²) in [5, 5.41) is 1.82. The maximum absolute atomic E-state index is 11.9. The zero-order chi connectivity index (χ0) is 11.4. The maximum atomic E-state index is 11.9. The molecule has 0 unspecified atom stereocenters. The average molecular weight is 210 g/mol. The molecule has 0 saturated heterocycles. The van der Waals surface area contributed by atoms with E-state index >= 15 is 0 Å². The fourth-order valence-electron chi connectivity index (χ4n) is 2.43. The number of carbonyl (C=O) groups is 2. The first kappa shape index (κ1) is 9.28. The molecule has 0 amide bonds. The van der Waals surface area contributed by atoms with Gasteiger partial charge in [0.2, 0.25) is 11.6 Å². The topological polar surface area (TPSA) is 34.1 Å². The van der Waals surface area contributed by atoms with E-state index in [1.165, 1.54) is 0 Å². The fourth-order valence-corrected chi connectivity index (χ4v) is 2.43. The van der Waals surface area contributed by atoms with Gasteiger partial charge in [-0.05, 0) is 36.4 Å². The second-order valence-electron chi connectivity index (χ2n) is 4.33. The van der Waals surface area contributed by atoms with E-state index in [9.17, 15) is 9.59 Å². The van der Waals surface area contributed by atoms with E-state index in [2.05, 4.69) is 0 Å². The van der Waals surface area contributed by atoms with Gasteiger partial charge in [0.1, 0.15) is 0 Å². The van der Waals surface area contributed by atoms with Crippen LogP contribution in [0.5, 0.6) is 0 Å². The summed E-state index contributed by atoms with van der Waals surface area (Å²) in [5.74, 6) is -0.721. The van der Waals surface area contributed by atoms with Crippen LogP contribution in [0.15, 0.2) is 24.3 Å². The lowest BCUT2D eigenvalue weighted by Gasteiger charge is -2.03. The molecule has 0 spiro atoms. The molecule has 2 heteroatoms. The van der Waals surface area contributed by atoms with Crippen molar-refractivity contribution in [2.45, 2.75) is 13.8 Å². The van der Waals surface area contributed by atoms with Crippen LogP contribution in [-0.2, 0) is 0 Å². The molecule has 78 valence electrons. The van der Waals surface area contributed by atoms with E-state index in [0.29, 0.717) is 11.1 Å². The highest BCUT2D eigenvalue weighted by atomic mass is 16.2. The highest BCUT2D eigenvalue weighted by molar-refractivity contribution is 6.57. The van der Waals surface area contributed by atoms with Gasteiger partial charge < -0.3 is 0 Å². The van der Waals surface area contributed by atoms with E-state index in [4.69, 9.17) is 0 Å². The molecule has 0 aliphatic heterocycles. The molecular weight excluding hydrogens is 200 g/mol. The van der Waals surface area contributed by atoms with Crippen molar-refractivity contribution >= 4 is 22.3 Å². The van der Waals surface area contributed by atoms with Gasteiger partial charge in [0.05, 0.1) is 0 Å². The van der Waals surface area contributed by atoms with Crippen LogP contribution in [0.25, 0.3) is 10.8 Å². The van der Waals surface area contributed by atoms with Crippen LogP contribution >= 0.6 is 0 Å². The summed E-state index contributed by atoms with van der Waals surface area (Å²) in [7, 11) is 0. The molecule has 3 rings (SSSR count). The van der Waals surface area contributed by atoms with Crippen molar-refractivity contribution in [1.29, 1.82) is 0 Å². The van der Waals surface area contributed by atoms with Crippen molar-refractivity contribution in [2.24, 2.45) is 0 Å². The number of carbonyl (C=O) groups excluding carboxylic acids is 2. The Kier molecular flexibility index (Phi) is 1.62. The molecule has 0 saturated carbocycles. The minimum atomic E-state index is -0.363. The minimum Gasteiger partial charge on any atom is -0.285 e. The van der Waals surface area contributed by atoms with Crippen molar-refractivity contribution in [1.82, 2.24) is 0 Å². The van der Waals surface area contributed by atoms with Gasteiger partial charge in [0.25, 0.3) is 0 Å². The standard InChI is InChI=1S/C14H10O2/c1-7-5-9-4-3-8(2)11-12(9)10(6-7)13(15)14(11)16/h3-6H,1-2H3. The SMILES string of the molecule is Cc1cc2c3c(c(C)ccc3c1)C(=O)C2=O. The third kappa shape index (κ3) is 0.963. The highest BCUT2D eigenvalue weighted by Gasteiger charge is 2.32. The number of aryl methyl sites for hydroxylation is 2. The summed E-state index contributed by atoms with van der Waals surface area (Å²) in [6.45, 7) is 3.81. The number of rotatable bonds is 0. The number of hydrogen-bond donors (Lipinski definition) is 0. The molecule has 0 N–H and O–H groups in total. The predicted octanol–water partition coefficient (Wildman–Crippen LogP) is 2.84. The van der Waals surface area contributed by atoms with Gasteiger partial charge in [0, 0.05) is 16.5 Å². The summed E-state index contributed by atoms with van der Waals surface area (Å²) in [6.07, 6.45) is 0. The van der Waals surface area contributed by atoms with Crippen LogP contribution in [0.1, 0.15) is 31.8 Å². The Morgan fingerprint density at radius 2 is 1.69 bits per heavy atom. The Balaban J connectivity index is 2.61. The summed E-state index contributed by atoms with van der Waals surface area (Å²) in [4.78, 5) is 23.7. The minimum absolute atomic E-state index is 0.358. The van der Waals surface area contributed by atoms with E-state index in [1.54, 1.807) is 6.07 Å². The molecule has 0 aromatic heterocycles. The van der Waals surface area contributed by atoms with E-state index in [1.807, 2.05) is 32.0 Å². The van der Waals surface area contributed by atoms with Crippen LogP contribution in [0.2, 0.25) is 0 Å². The fraction of sp³-hybridized carbons (Fsp3) is 0.143. The summed E-state index contributed by atoms with van der Waals surface area (Å²) in [5.41, 5.74) is 3.06. The lowest BCUT2D eigenvalue weighted by atomic mass is 9.99. The highest BCUT2D eigenvalue weighted by Crippen LogP contribution is 2.33. The first-order chi connectivity index (χ1) is 7.59. The van der Waals surface area contributed by atoms with Crippen LogP contribution < -0.4 is 0 Å². The summed E-state index contributed by atoms with van der Waals surface area (Å²) >= 11 is 0. The average Bonchev–Trinajstić information content (AvgIpc) is 2.49. The van der Waals surface area contributed by atoms with E-state index < -0.39 is 0 Å². The monoisotopic (exact) mass is 210 g/mol. The third-order valence-corrected chi connectivity index (χ3v) is 3.15. The molecule has 2 aromatic carbocycles. The number of benzene rings is 2. The normalized spacial score (nSPS) is 13.9. The zero-order valence-corrected chi connectivity index (χ0v) is 9.13. The Hall–Kier alpha value is -1.96. The zero-order valence-electron chi connectivity index (χ0n) is 9.13. The second-order valence-corrected chi connectivity index (χ2v) is 4.33. The molecule has 1 aliphatic carbocycles. The quantitative estimate of drug-likeness (QED) is 0.626. The van der Waals surface area contributed by atoms with Gasteiger partial charge in [-0.25, -0.2) is 0 Å². The third-order valence-electron chi connectivity index (χ3n) is 3.15. The molecule has 2 aromatic rings. The number of hydrogen-bond acceptors (Lipinski definition) is 2. The largest absolute Gasteiger partial charge is 0.285 e. The molecule has 1 aliphatic rings. The molecule has 0 bridgehead atoms. The number of ketones is 2. The number of Topliss-reactive ketones (excluding diaryl/α,β-unsaturated/α-hetero) is 2. The molecule has 0 radical (unpaired) electrons. The van der Waals surface area contributed by atoms with Crippen molar-refractivity contribution in [3.8, 4) is 0 Å². The van der Waals surface area contributed by atoms with Gasteiger partial charge in [-0.3, -0.25) is 9.59 Å².